The second-order valence-electron chi connectivity index (χ2n) is 15.7. The number of nitrogens with one attached hydrogen (secondary N) is 2. The maximum absolute atomic E-state index is 12.9. The van der Waals surface area contributed by atoms with Crippen LogP contribution in [0.1, 0.15) is 132 Å². The summed E-state index contributed by atoms with van der Waals surface area (Å²) in [6.07, 6.45) is 14.5. The Balaban J connectivity index is 1.36. The Morgan fingerprint density at radius 2 is 1.64 bits per heavy atom. The molecule has 1 spiro atoms. The van der Waals surface area contributed by atoms with E-state index in [4.69, 9.17) is 14.2 Å². The van der Waals surface area contributed by atoms with E-state index in [-0.39, 0.29) is 60.9 Å². The van der Waals surface area contributed by atoms with E-state index in [0.29, 0.717) is 24.8 Å². The predicted molar refractivity (Wildman–Crippen MR) is 195 cm³/mol. The van der Waals surface area contributed by atoms with Crippen LogP contribution in [0.3, 0.4) is 0 Å². The van der Waals surface area contributed by atoms with Crippen molar-refractivity contribution in [3.63, 3.8) is 0 Å². The van der Waals surface area contributed by atoms with Gasteiger partial charge in [0.15, 0.2) is 11.6 Å². The van der Waals surface area contributed by atoms with Gasteiger partial charge >= 0.3 is 0 Å². The molecule has 0 bridgehead atoms. The van der Waals surface area contributed by atoms with E-state index in [9.17, 15) is 24.6 Å². The minimum absolute atomic E-state index is 0.0223. The van der Waals surface area contributed by atoms with Gasteiger partial charge in [-0.3, -0.25) is 14.4 Å². The van der Waals surface area contributed by atoms with Crippen LogP contribution in [0.25, 0.3) is 0 Å². The highest BCUT2D eigenvalue weighted by molar-refractivity contribution is 5.89. The summed E-state index contributed by atoms with van der Waals surface area (Å²) in [4.78, 5) is 37.6. The van der Waals surface area contributed by atoms with Crippen molar-refractivity contribution in [2.75, 3.05) is 13.1 Å². The lowest BCUT2D eigenvalue weighted by Gasteiger charge is -2.48. The van der Waals surface area contributed by atoms with E-state index >= 15 is 0 Å². The molecule has 50 heavy (non-hydrogen) atoms. The van der Waals surface area contributed by atoms with Crippen LogP contribution in [0, 0.1) is 23.7 Å². The molecule has 10 heteroatoms. The van der Waals surface area contributed by atoms with Crippen molar-refractivity contribution >= 4 is 17.6 Å². The van der Waals surface area contributed by atoms with Gasteiger partial charge in [-0.1, -0.05) is 39.8 Å². The fourth-order valence-corrected chi connectivity index (χ4v) is 7.51. The summed E-state index contributed by atoms with van der Waals surface area (Å²) < 4.78 is 19.5. The summed E-state index contributed by atoms with van der Waals surface area (Å²) in [5, 5.41) is 26.2. The summed E-state index contributed by atoms with van der Waals surface area (Å²) in [7, 11) is 0. The van der Waals surface area contributed by atoms with Gasteiger partial charge in [0, 0.05) is 32.4 Å². The molecule has 3 fully saturated rings. The third-order valence-corrected chi connectivity index (χ3v) is 11.2. The van der Waals surface area contributed by atoms with Crippen LogP contribution in [0.15, 0.2) is 23.8 Å². The third-order valence-electron chi connectivity index (χ3n) is 11.2. The highest BCUT2D eigenvalue weighted by atomic mass is 16.7. The van der Waals surface area contributed by atoms with Gasteiger partial charge in [-0.15, -0.1) is 0 Å². The number of hydrogen-bond donors (Lipinski definition) is 4. The molecular formula is C40H68N2O8. The molecule has 4 N–H and O–H groups in total. The first-order chi connectivity index (χ1) is 23.7. The topological polar surface area (TPSA) is 143 Å². The fraction of sp³-hybridized carbons (Fsp3) is 0.825. The summed E-state index contributed by atoms with van der Waals surface area (Å²) in [6.45, 7) is 14.2. The van der Waals surface area contributed by atoms with Gasteiger partial charge < -0.3 is 35.1 Å². The quantitative estimate of drug-likeness (QED) is 0.0782. The number of allylic oxidation sites excluding steroid dienone is 3. The first-order valence-corrected chi connectivity index (χ1v) is 19.5. The molecular weight excluding hydrogens is 636 g/mol. The van der Waals surface area contributed by atoms with E-state index in [1.54, 1.807) is 26.0 Å². The summed E-state index contributed by atoms with van der Waals surface area (Å²) in [5.41, 5.74) is 1.01. The Labute approximate surface area is 301 Å². The minimum atomic E-state index is -1.02. The predicted octanol–water partition coefficient (Wildman–Crippen LogP) is 5.93. The summed E-state index contributed by atoms with van der Waals surface area (Å²) in [6, 6.07) is 0. The SMILES string of the molecule is C/C=C/C(=O)C[C@@H]1CC[C@@H](C)[C@H](CC(=O)NC[C@H](O)[C@@H](C)C(=O)NCCC[C@H]2O[C@@]3(CCC[C@H](CC[C@@H](C)/C=C(\C)[C@H](C)O)O3)CC[C@@H]2C)O1. The number of ether oxygens (including phenoxy) is 3. The lowest BCUT2D eigenvalue weighted by atomic mass is 9.85. The van der Waals surface area contributed by atoms with E-state index < -0.39 is 23.9 Å². The molecule has 2 amide bonds. The van der Waals surface area contributed by atoms with Crippen LogP contribution in [-0.2, 0) is 28.6 Å². The molecule has 0 aromatic rings. The van der Waals surface area contributed by atoms with Crippen LogP contribution in [-0.4, -0.2) is 83.3 Å². The molecule has 3 heterocycles. The molecule has 0 aromatic heterocycles. The summed E-state index contributed by atoms with van der Waals surface area (Å²) in [5.74, 6) is -0.680. The van der Waals surface area contributed by atoms with Crippen LogP contribution in [0.4, 0.5) is 0 Å². The number of rotatable bonds is 18. The molecule has 0 unspecified atom stereocenters. The molecule has 0 saturated carbocycles. The Bertz CT molecular complexity index is 1140. The van der Waals surface area contributed by atoms with Crippen molar-refractivity contribution in [2.45, 2.75) is 174 Å². The van der Waals surface area contributed by atoms with Gasteiger partial charge in [0.1, 0.15) is 0 Å². The Morgan fingerprint density at radius 3 is 2.36 bits per heavy atom. The molecule has 11 atom stereocenters. The average molecular weight is 705 g/mol. The largest absolute Gasteiger partial charge is 0.390 e. The highest BCUT2D eigenvalue weighted by Gasteiger charge is 2.44. The van der Waals surface area contributed by atoms with Gasteiger partial charge in [0.25, 0.3) is 0 Å². The monoisotopic (exact) mass is 704 g/mol. The van der Waals surface area contributed by atoms with E-state index in [2.05, 4.69) is 30.6 Å². The molecule has 3 aliphatic heterocycles. The third kappa shape index (κ3) is 13.8. The minimum Gasteiger partial charge on any atom is -0.390 e. The van der Waals surface area contributed by atoms with Crippen LogP contribution in [0.2, 0.25) is 0 Å². The molecule has 286 valence electrons. The van der Waals surface area contributed by atoms with Gasteiger partial charge in [0.2, 0.25) is 11.8 Å². The first-order valence-electron chi connectivity index (χ1n) is 19.5. The van der Waals surface area contributed by atoms with E-state index in [1.165, 1.54) is 0 Å². The van der Waals surface area contributed by atoms with Gasteiger partial charge in [0.05, 0.1) is 49.0 Å². The zero-order valence-corrected chi connectivity index (χ0v) is 32.0. The average Bonchev–Trinajstić information content (AvgIpc) is 3.07. The molecule has 3 saturated heterocycles. The second kappa shape index (κ2) is 20.8. The second-order valence-corrected chi connectivity index (χ2v) is 15.7. The van der Waals surface area contributed by atoms with Crippen LogP contribution >= 0.6 is 0 Å². The van der Waals surface area contributed by atoms with Crippen molar-refractivity contribution in [1.29, 1.82) is 0 Å². The molecule has 10 nitrogen and oxygen atoms in total. The van der Waals surface area contributed by atoms with Gasteiger partial charge in [-0.2, -0.15) is 0 Å². The fourth-order valence-electron chi connectivity index (χ4n) is 7.51. The number of aliphatic hydroxyl groups is 2. The zero-order chi connectivity index (χ0) is 36.8. The van der Waals surface area contributed by atoms with Gasteiger partial charge in [-0.25, -0.2) is 0 Å². The molecule has 0 aliphatic carbocycles. The maximum atomic E-state index is 12.9. The number of carbonyl (C=O) groups excluding carboxylic acids is 3. The highest BCUT2D eigenvalue weighted by Crippen LogP contribution is 2.43. The number of aliphatic hydroxyl groups excluding tert-OH is 2. The van der Waals surface area contributed by atoms with E-state index in [0.717, 1.165) is 76.2 Å². The van der Waals surface area contributed by atoms with Crippen LogP contribution < -0.4 is 10.6 Å². The number of hydrogen-bond acceptors (Lipinski definition) is 8. The Kier molecular flexibility index (Phi) is 17.6. The number of amides is 2. The summed E-state index contributed by atoms with van der Waals surface area (Å²) >= 11 is 0. The number of ketones is 1. The van der Waals surface area contributed by atoms with Crippen molar-refractivity contribution in [2.24, 2.45) is 23.7 Å². The zero-order valence-electron chi connectivity index (χ0n) is 32.0. The molecule has 3 aliphatic rings. The number of carbonyl (C=O) groups is 3. The molecule has 0 aromatic carbocycles. The molecule has 0 radical (unpaired) electrons. The maximum Gasteiger partial charge on any atom is 0.225 e. The Morgan fingerprint density at radius 1 is 0.900 bits per heavy atom. The van der Waals surface area contributed by atoms with Crippen molar-refractivity contribution in [3.8, 4) is 0 Å². The van der Waals surface area contributed by atoms with Crippen LogP contribution in [0.5, 0.6) is 0 Å². The van der Waals surface area contributed by atoms with E-state index in [1.807, 2.05) is 20.8 Å². The van der Waals surface area contributed by atoms with Crippen molar-refractivity contribution in [3.05, 3.63) is 23.8 Å². The lowest BCUT2D eigenvalue weighted by Crippen LogP contribution is -2.50. The molecule has 3 rings (SSSR count). The van der Waals surface area contributed by atoms with Crippen molar-refractivity contribution in [1.82, 2.24) is 10.6 Å². The first kappa shape index (κ1) is 42.3. The lowest BCUT2D eigenvalue weighted by molar-refractivity contribution is -0.324. The smallest absolute Gasteiger partial charge is 0.225 e. The van der Waals surface area contributed by atoms with Gasteiger partial charge in [-0.05, 0) is 108 Å². The van der Waals surface area contributed by atoms with Crippen molar-refractivity contribution < 1.29 is 38.8 Å². The standard InChI is InChI=1S/C40H68N2O8/c1-8-11-32(44)23-34-17-15-27(3)37(48-34)24-38(46)42-25-35(45)30(6)39(47)41-21-10-13-36-28(4)18-20-40(50-36)19-9-12-33(49-40)16-14-26(2)22-29(5)31(7)43/h8,11,22,26-28,30-31,33-37,43,45H,9-10,12-21,23-25H2,1-7H3,(H,41,47)(H,42,46)/b11-8+,29-22+/t26-,27-,28+,30-,31+,33-,34+,35+,36-,37+,40+/m1/s1. The Hall–Kier alpha value is -2.11. The normalized spacial score (nSPS) is 31.6.